The lowest BCUT2D eigenvalue weighted by atomic mass is 10.1. The molecule has 0 radical (unpaired) electrons. The summed E-state index contributed by atoms with van der Waals surface area (Å²) in [6, 6.07) is 4.80. The molecule has 1 atom stereocenters. The molecule has 1 unspecified atom stereocenters. The Bertz CT molecular complexity index is 467. The molecule has 2 rings (SSSR count). The Kier molecular flexibility index (Phi) is 4.93. The second kappa shape index (κ2) is 6.48. The standard InChI is InChI=1S/C14H17BrFNO2/c1-10-9-17(6-7-19-10)14(18)5-2-11-8-12(15)3-4-13(11)16/h3-4,8,10H,2,5-7,9H2,1H3. The van der Waals surface area contributed by atoms with E-state index in [1.807, 2.05) is 6.92 Å². The third-order valence-corrected chi connectivity index (χ3v) is 3.70. The number of halogens is 2. The van der Waals surface area contributed by atoms with E-state index in [9.17, 15) is 9.18 Å². The molecule has 19 heavy (non-hydrogen) atoms. The summed E-state index contributed by atoms with van der Waals surface area (Å²) in [5.74, 6) is -0.194. The smallest absolute Gasteiger partial charge is 0.223 e. The molecule has 1 aliphatic rings. The molecule has 0 spiro atoms. The summed E-state index contributed by atoms with van der Waals surface area (Å²) in [4.78, 5) is 13.8. The van der Waals surface area contributed by atoms with E-state index < -0.39 is 0 Å². The van der Waals surface area contributed by atoms with Gasteiger partial charge in [0.2, 0.25) is 5.91 Å². The number of hydrogen-bond acceptors (Lipinski definition) is 2. The predicted molar refractivity (Wildman–Crippen MR) is 74.4 cm³/mol. The number of hydrogen-bond donors (Lipinski definition) is 0. The molecule has 0 aromatic heterocycles. The Morgan fingerprint density at radius 2 is 2.37 bits per heavy atom. The van der Waals surface area contributed by atoms with E-state index in [0.29, 0.717) is 38.1 Å². The van der Waals surface area contributed by atoms with Crippen molar-refractivity contribution in [1.29, 1.82) is 0 Å². The Labute approximate surface area is 120 Å². The van der Waals surface area contributed by atoms with Crippen molar-refractivity contribution in [3.63, 3.8) is 0 Å². The van der Waals surface area contributed by atoms with Crippen LogP contribution in [0.4, 0.5) is 4.39 Å². The number of carbonyl (C=O) groups excluding carboxylic acids is 1. The highest BCUT2D eigenvalue weighted by atomic mass is 79.9. The van der Waals surface area contributed by atoms with Gasteiger partial charge in [0.15, 0.2) is 0 Å². The van der Waals surface area contributed by atoms with Crippen molar-refractivity contribution in [1.82, 2.24) is 4.90 Å². The maximum atomic E-state index is 13.6. The predicted octanol–water partition coefficient (Wildman–Crippen LogP) is 2.77. The molecule has 1 aromatic carbocycles. The Hall–Kier alpha value is -0.940. The van der Waals surface area contributed by atoms with Gasteiger partial charge in [0, 0.05) is 24.0 Å². The van der Waals surface area contributed by atoms with Gasteiger partial charge in [-0.15, -0.1) is 0 Å². The van der Waals surface area contributed by atoms with Crippen molar-refractivity contribution in [2.24, 2.45) is 0 Å². The largest absolute Gasteiger partial charge is 0.375 e. The van der Waals surface area contributed by atoms with Gasteiger partial charge in [-0.05, 0) is 37.1 Å². The van der Waals surface area contributed by atoms with Crippen LogP contribution in [0, 0.1) is 5.82 Å². The molecule has 0 N–H and O–H groups in total. The Morgan fingerprint density at radius 1 is 1.58 bits per heavy atom. The fourth-order valence-corrected chi connectivity index (χ4v) is 2.59. The van der Waals surface area contributed by atoms with Crippen LogP contribution in [0.1, 0.15) is 18.9 Å². The minimum absolute atomic E-state index is 0.0644. The van der Waals surface area contributed by atoms with Gasteiger partial charge in [0.1, 0.15) is 5.82 Å². The average Bonchev–Trinajstić information content (AvgIpc) is 2.39. The fraction of sp³-hybridized carbons (Fsp3) is 0.500. The molecular weight excluding hydrogens is 313 g/mol. The van der Waals surface area contributed by atoms with Gasteiger partial charge in [0.05, 0.1) is 12.7 Å². The number of benzene rings is 1. The van der Waals surface area contributed by atoms with Crippen LogP contribution in [0.25, 0.3) is 0 Å². The van der Waals surface area contributed by atoms with Gasteiger partial charge in [-0.1, -0.05) is 15.9 Å². The van der Waals surface area contributed by atoms with Crippen LogP contribution in [0.2, 0.25) is 0 Å². The summed E-state index contributed by atoms with van der Waals surface area (Å²) in [6.07, 6.45) is 0.843. The molecule has 1 fully saturated rings. The fourth-order valence-electron chi connectivity index (χ4n) is 2.18. The zero-order chi connectivity index (χ0) is 13.8. The molecule has 1 amide bonds. The van der Waals surface area contributed by atoms with Gasteiger partial charge >= 0.3 is 0 Å². The molecule has 0 saturated carbocycles. The first-order valence-electron chi connectivity index (χ1n) is 6.39. The molecule has 1 aromatic rings. The van der Waals surface area contributed by atoms with E-state index >= 15 is 0 Å². The van der Waals surface area contributed by atoms with Crippen molar-refractivity contribution in [3.8, 4) is 0 Å². The number of nitrogens with zero attached hydrogens (tertiary/aromatic N) is 1. The summed E-state index contributed by atoms with van der Waals surface area (Å²) in [7, 11) is 0. The van der Waals surface area contributed by atoms with Crippen molar-refractivity contribution < 1.29 is 13.9 Å². The summed E-state index contributed by atoms with van der Waals surface area (Å²) < 4.78 is 19.8. The van der Waals surface area contributed by atoms with E-state index in [-0.39, 0.29) is 17.8 Å². The van der Waals surface area contributed by atoms with E-state index in [1.54, 1.807) is 17.0 Å². The highest BCUT2D eigenvalue weighted by Crippen LogP contribution is 2.17. The second-order valence-corrected chi connectivity index (χ2v) is 5.67. The number of carbonyl (C=O) groups is 1. The molecule has 1 saturated heterocycles. The van der Waals surface area contributed by atoms with E-state index in [0.717, 1.165) is 4.47 Å². The zero-order valence-electron chi connectivity index (χ0n) is 10.9. The van der Waals surface area contributed by atoms with E-state index in [1.165, 1.54) is 6.07 Å². The first-order valence-corrected chi connectivity index (χ1v) is 7.19. The van der Waals surface area contributed by atoms with Gasteiger partial charge < -0.3 is 9.64 Å². The minimum atomic E-state index is -0.258. The summed E-state index contributed by atoms with van der Waals surface area (Å²) >= 11 is 3.31. The SMILES string of the molecule is CC1CN(C(=O)CCc2cc(Br)ccc2F)CCO1. The first-order chi connectivity index (χ1) is 9.06. The van der Waals surface area contributed by atoms with Crippen molar-refractivity contribution in [2.45, 2.75) is 25.9 Å². The highest BCUT2D eigenvalue weighted by Gasteiger charge is 2.21. The van der Waals surface area contributed by atoms with Crippen LogP contribution in [0.5, 0.6) is 0 Å². The number of amides is 1. The van der Waals surface area contributed by atoms with Crippen LogP contribution in [0.3, 0.4) is 0 Å². The number of rotatable bonds is 3. The summed E-state index contributed by atoms with van der Waals surface area (Å²) in [5.41, 5.74) is 0.573. The van der Waals surface area contributed by atoms with Crippen LogP contribution in [0.15, 0.2) is 22.7 Å². The quantitative estimate of drug-likeness (QED) is 0.853. The molecule has 3 nitrogen and oxygen atoms in total. The summed E-state index contributed by atoms with van der Waals surface area (Å²) in [6.45, 7) is 3.79. The zero-order valence-corrected chi connectivity index (χ0v) is 12.5. The lowest BCUT2D eigenvalue weighted by Gasteiger charge is -2.31. The van der Waals surface area contributed by atoms with Crippen molar-refractivity contribution in [2.75, 3.05) is 19.7 Å². The van der Waals surface area contributed by atoms with Crippen molar-refractivity contribution >= 4 is 21.8 Å². The third kappa shape index (κ3) is 4.01. The number of aryl methyl sites for hydroxylation is 1. The van der Waals surface area contributed by atoms with Gasteiger partial charge in [0.25, 0.3) is 0 Å². The third-order valence-electron chi connectivity index (χ3n) is 3.21. The van der Waals surface area contributed by atoms with E-state index in [4.69, 9.17) is 4.74 Å². The molecule has 5 heteroatoms. The number of morpholine rings is 1. The molecule has 1 heterocycles. The Balaban J connectivity index is 1.91. The Morgan fingerprint density at radius 3 is 3.11 bits per heavy atom. The maximum absolute atomic E-state index is 13.6. The molecule has 104 valence electrons. The number of ether oxygens (including phenoxy) is 1. The molecular formula is C14H17BrFNO2. The topological polar surface area (TPSA) is 29.5 Å². The van der Waals surface area contributed by atoms with E-state index in [2.05, 4.69) is 15.9 Å². The minimum Gasteiger partial charge on any atom is -0.375 e. The van der Waals surface area contributed by atoms with Crippen molar-refractivity contribution in [3.05, 3.63) is 34.1 Å². The van der Waals surface area contributed by atoms with Crippen LogP contribution < -0.4 is 0 Å². The maximum Gasteiger partial charge on any atom is 0.223 e. The second-order valence-electron chi connectivity index (χ2n) is 4.76. The molecule has 0 bridgehead atoms. The monoisotopic (exact) mass is 329 g/mol. The summed E-state index contributed by atoms with van der Waals surface area (Å²) in [5, 5.41) is 0. The normalized spacial score (nSPS) is 19.5. The van der Waals surface area contributed by atoms with Crippen LogP contribution in [-0.4, -0.2) is 36.6 Å². The van der Waals surface area contributed by atoms with Gasteiger partial charge in [-0.2, -0.15) is 0 Å². The van der Waals surface area contributed by atoms with Crippen LogP contribution in [-0.2, 0) is 16.0 Å². The van der Waals surface area contributed by atoms with Gasteiger partial charge in [-0.25, -0.2) is 4.39 Å². The highest BCUT2D eigenvalue weighted by molar-refractivity contribution is 9.10. The van der Waals surface area contributed by atoms with Gasteiger partial charge in [-0.3, -0.25) is 4.79 Å². The molecule has 1 aliphatic heterocycles. The first kappa shape index (κ1) is 14.5. The average molecular weight is 330 g/mol. The molecule has 0 aliphatic carbocycles. The lowest BCUT2D eigenvalue weighted by Crippen LogP contribution is -2.44. The van der Waals surface area contributed by atoms with Crippen LogP contribution >= 0.6 is 15.9 Å². The lowest BCUT2D eigenvalue weighted by molar-refractivity contribution is -0.138.